The second kappa shape index (κ2) is 8.11. The molecule has 4 rings (SSSR count). The van der Waals surface area contributed by atoms with Gasteiger partial charge in [-0.1, -0.05) is 30.3 Å². The molecule has 29 heavy (non-hydrogen) atoms. The lowest BCUT2D eigenvalue weighted by Crippen LogP contribution is -2.22. The van der Waals surface area contributed by atoms with E-state index in [4.69, 9.17) is 9.57 Å². The van der Waals surface area contributed by atoms with Crippen molar-refractivity contribution in [2.24, 2.45) is 0 Å². The second-order valence-corrected chi connectivity index (χ2v) is 6.32. The van der Waals surface area contributed by atoms with E-state index in [9.17, 15) is 10.1 Å². The summed E-state index contributed by atoms with van der Waals surface area (Å²) in [5.41, 5.74) is 1.37. The summed E-state index contributed by atoms with van der Waals surface area (Å²) in [6.45, 7) is 0.584. The van der Waals surface area contributed by atoms with Crippen LogP contribution in [0.1, 0.15) is 18.0 Å². The van der Waals surface area contributed by atoms with Crippen LogP contribution in [0.25, 0.3) is 0 Å². The van der Waals surface area contributed by atoms with Crippen LogP contribution in [-0.4, -0.2) is 28.6 Å². The number of aromatic nitrogens is 2. The first-order valence-electron chi connectivity index (χ1n) is 8.96. The molecular formula is C20H18N5O4. The summed E-state index contributed by atoms with van der Waals surface area (Å²) in [5.74, 6) is 1.45. The summed E-state index contributed by atoms with van der Waals surface area (Å²) in [6, 6.07) is 17.2. The van der Waals surface area contributed by atoms with E-state index in [1.54, 1.807) is 11.1 Å². The first-order chi connectivity index (χ1) is 14.2. The van der Waals surface area contributed by atoms with Gasteiger partial charge in [-0.05, 0) is 11.6 Å². The fraction of sp³-hybridized carbons (Fsp3) is 0.200. The normalized spacial score (nSPS) is 15.9. The number of nitro benzene ring substituents is 1. The number of nitrogens with one attached hydrogen (secondary N) is 1. The van der Waals surface area contributed by atoms with Crippen LogP contribution >= 0.6 is 0 Å². The Balaban J connectivity index is 1.61. The standard InChI is InChI=1S/C20H18N5O4/c1-28-18-8-7-15(25(26)27)11-16(18)23-19-12-20(22-13-21-19)24-17(9-10-29-24)14-5-3-2-4-6-14/h2-6,8,11-13,17H,9-10H2,1H3,(H,21,22,23)/t17-/m1/s1. The van der Waals surface area contributed by atoms with Crippen LogP contribution in [0.2, 0.25) is 0 Å². The van der Waals surface area contributed by atoms with Gasteiger partial charge in [0.05, 0.1) is 36.4 Å². The fourth-order valence-corrected chi connectivity index (χ4v) is 3.19. The van der Waals surface area contributed by atoms with Crippen LogP contribution < -0.4 is 15.1 Å². The average Bonchev–Trinajstić information content (AvgIpc) is 3.24. The second-order valence-electron chi connectivity index (χ2n) is 6.32. The molecule has 9 heteroatoms. The average molecular weight is 392 g/mol. The van der Waals surface area contributed by atoms with E-state index >= 15 is 0 Å². The highest BCUT2D eigenvalue weighted by Gasteiger charge is 2.29. The van der Waals surface area contributed by atoms with E-state index in [0.29, 0.717) is 29.7 Å². The summed E-state index contributed by atoms with van der Waals surface area (Å²) in [6.07, 6.45) is 2.25. The summed E-state index contributed by atoms with van der Waals surface area (Å²) in [5, 5.41) is 15.9. The monoisotopic (exact) mass is 392 g/mol. The molecule has 0 bridgehead atoms. The molecule has 0 amide bonds. The van der Waals surface area contributed by atoms with Gasteiger partial charge < -0.3 is 10.1 Å². The minimum absolute atomic E-state index is 0.0425. The molecule has 1 aromatic heterocycles. The lowest BCUT2D eigenvalue weighted by atomic mass is 10.0. The summed E-state index contributed by atoms with van der Waals surface area (Å²) in [4.78, 5) is 24.9. The predicted octanol–water partition coefficient (Wildman–Crippen LogP) is 3.82. The Labute approximate surface area is 167 Å². The molecule has 147 valence electrons. The molecule has 2 heterocycles. The van der Waals surface area contributed by atoms with Gasteiger partial charge in [-0.2, -0.15) is 0 Å². The van der Waals surface area contributed by atoms with Crippen molar-refractivity contribution in [3.05, 3.63) is 76.6 Å². The van der Waals surface area contributed by atoms with Crippen LogP contribution in [-0.2, 0) is 4.84 Å². The molecule has 1 aliphatic heterocycles. The van der Waals surface area contributed by atoms with Crippen molar-refractivity contribution in [3.8, 4) is 5.75 Å². The van der Waals surface area contributed by atoms with E-state index in [1.165, 1.54) is 25.6 Å². The number of hydroxylamine groups is 1. The van der Waals surface area contributed by atoms with Gasteiger partial charge in [-0.25, -0.2) is 15.0 Å². The molecule has 0 unspecified atom stereocenters. The van der Waals surface area contributed by atoms with Gasteiger partial charge in [-0.15, -0.1) is 0 Å². The van der Waals surface area contributed by atoms with Crippen molar-refractivity contribution in [2.75, 3.05) is 24.1 Å². The largest absolute Gasteiger partial charge is 0.495 e. The highest BCUT2D eigenvalue weighted by Crippen LogP contribution is 2.35. The summed E-state index contributed by atoms with van der Waals surface area (Å²) in [7, 11) is 1.48. The molecule has 0 spiro atoms. The number of non-ortho nitro benzene ring substituents is 1. The van der Waals surface area contributed by atoms with Gasteiger partial charge in [0.2, 0.25) is 0 Å². The maximum Gasteiger partial charge on any atom is 0.279 e. The number of anilines is 3. The SMILES string of the molecule is COc1c[c]c([N+](=O)[O-])cc1Nc1cc(N2OCC[C@@H]2c2ccccc2)ncn1. The third-order valence-corrected chi connectivity index (χ3v) is 4.54. The van der Waals surface area contributed by atoms with Gasteiger partial charge in [0.1, 0.15) is 17.9 Å². The van der Waals surface area contributed by atoms with Gasteiger partial charge in [0, 0.05) is 18.6 Å². The van der Waals surface area contributed by atoms with Crippen molar-refractivity contribution < 1.29 is 14.5 Å². The fourth-order valence-electron chi connectivity index (χ4n) is 3.19. The van der Waals surface area contributed by atoms with Gasteiger partial charge in [0.15, 0.2) is 5.82 Å². The first-order valence-corrected chi connectivity index (χ1v) is 8.96. The third kappa shape index (κ3) is 3.94. The minimum atomic E-state index is -0.515. The summed E-state index contributed by atoms with van der Waals surface area (Å²) >= 11 is 0. The van der Waals surface area contributed by atoms with E-state index in [-0.39, 0.29) is 11.7 Å². The van der Waals surface area contributed by atoms with Crippen molar-refractivity contribution in [1.82, 2.24) is 9.97 Å². The smallest absolute Gasteiger partial charge is 0.279 e. The van der Waals surface area contributed by atoms with Crippen LogP contribution in [0.4, 0.5) is 23.0 Å². The topological polar surface area (TPSA) is 103 Å². The van der Waals surface area contributed by atoms with Gasteiger partial charge >= 0.3 is 0 Å². The Morgan fingerprint density at radius 3 is 2.90 bits per heavy atom. The molecule has 1 N–H and O–H groups in total. The van der Waals surface area contributed by atoms with E-state index in [0.717, 1.165) is 12.0 Å². The molecule has 1 radical (unpaired) electrons. The Bertz CT molecular complexity index is 1010. The predicted molar refractivity (Wildman–Crippen MR) is 106 cm³/mol. The maximum absolute atomic E-state index is 11.1. The van der Waals surface area contributed by atoms with Crippen LogP contribution in [0.15, 0.2) is 54.9 Å². The molecule has 1 saturated heterocycles. The highest BCUT2D eigenvalue weighted by molar-refractivity contribution is 5.68. The van der Waals surface area contributed by atoms with Crippen LogP contribution in [0, 0.1) is 16.2 Å². The zero-order chi connectivity index (χ0) is 20.2. The quantitative estimate of drug-likeness (QED) is 0.499. The van der Waals surface area contributed by atoms with Crippen LogP contribution in [0.3, 0.4) is 0 Å². The molecule has 3 aromatic rings. The number of methoxy groups -OCH3 is 1. The minimum Gasteiger partial charge on any atom is -0.495 e. The number of benzene rings is 2. The molecule has 1 atom stereocenters. The lowest BCUT2D eigenvalue weighted by molar-refractivity contribution is -0.385. The Morgan fingerprint density at radius 1 is 1.31 bits per heavy atom. The Kier molecular flexibility index (Phi) is 5.21. The molecule has 0 aliphatic carbocycles. The zero-order valence-corrected chi connectivity index (χ0v) is 15.6. The Hall–Kier alpha value is -3.72. The number of hydrogen-bond acceptors (Lipinski definition) is 8. The van der Waals surface area contributed by atoms with Crippen molar-refractivity contribution in [3.63, 3.8) is 0 Å². The zero-order valence-electron chi connectivity index (χ0n) is 15.6. The Morgan fingerprint density at radius 2 is 2.14 bits per heavy atom. The maximum atomic E-state index is 11.1. The number of nitrogens with zero attached hydrogens (tertiary/aromatic N) is 4. The van der Waals surface area contributed by atoms with Gasteiger partial charge in [-0.3, -0.25) is 15.0 Å². The molecular weight excluding hydrogens is 374 g/mol. The molecule has 9 nitrogen and oxygen atoms in total. The molecule has 1 aliphatic rings. The third-order valence-electron chi connectivity index (χ3n) is 4.54. The van der Waals surface area contributed by atoms with E-state index < -0.39 is 4.92 Å². The summed E-state index contributed by atoms with van der Waals surface area (Å²) < 4.78 is 5.26. The molecule has 1 fully saturated rings. The number of rotatable bonds is 6. The van der Waals surface area contributed by atoms with Crippen molar-refractivity contribution in [1.29, 1.82) is 0 Å². The molecule has 0 saturated carbocycles. The number of hydrogen-bond donors (Lipinski definition) is 1. The van der Waals surface area contributed by atoms with Gasteiger partial charge in [0.25, 0.3) is 5.69 Å². The van der Waals surface area contributed by atoms with Crippen molar-refractivity contribution in [2.45, 2.75) is 12.5 Å². The van der Waals surface area contributed by atoms with E-state index in [1.807, 2.05) is 18.2 Å². The van der Waals surface area contributed by atoms with E-state index in [2.05, 4.69) is 33.5 Å². The highest BCUT2D eigenvalue weighted by atomic mass is 16.7. The molecule has 2 aromatic carbocycles. The van der Waals surface area contributed by atoms with Crippen molar-refractivity contribution >= 4 is 23.0 Å². The number of nitro groups is 1. The lowest BCUT2D eigenvalue weighted by Gasteiger charge is -2.24. The van der Waals surface area contributed by atoms with Crippen LogP contribution in [0.5, 0.6) is 5.75 Å². The number of ether oxygens (including phenoxy) is 1. The first kappa shape index (κ1) is 18.6.